The van der Waals surface area contributed by atoms with Crippen LogP contribution in [0.5, 0.6) is 0 Å². The lowest BCUT2D eigenvalue weighted by Gasteiger charge is -2.60. The molecule has 0 amide bonds. The van der Waals surface area contributed by atoms with E-state index in [-0.39, 0.29) is 29.1 Å². The third-order valence-electron chi connectivity index (χ3n) is 8.60. The predicted molar refractivity (Wildman–Crippen MR) is 92.3 cm³/mol. The van der Waals surface area contributed by atoms with Gasteiger partial charge in [0.05, 0.1) is 6.61 Å². The lowest BCUT2D eigenvalue weighted by molar-refractivity contribution is -0.136. The highest BCUT2D eigenvalue weighted by Gasteiger charge is 2.62. The van der Waals surface area contributed by atoms with Crippen molar-refractivity contribution in [3.8, 4) is 0 Å². The fraction of sp³-hybridized carbons (Fsp3) is 0.810. The van der Waals surface area contributed by atoms with Gasteiger partial charge in [0.1, 0.15) is 5.78 Å². The predicted octanol–water partition coefficient (Wildman–Crippen LogP) is 3.70. The molecule has 1 N–H and O–H groups in total. The summed E-state index contributed by atoms with van der Waals surface area (Å²) in [4.78, 5) is 24.9. The molecule has 3 heteroatoms. The van der Waals surface area contributed by atoms with Crippen molar-refractivity contribution in [3.63, 3.8) is 0 Å². The van der Waals surface area contributed by atoms with Gasteiger partial charge in [-0.3, -0.25) is 9.59 Å². The number of Topliss-reactive ketones (excluding diaryl/α,β-unsaturated/α-hetero) is 2. The summed E-state index contributed by atoms with van der Waals surface area (Å²) in [5.74, 6) is 2.41. The van der Waals surface area contributed by atoms with Gasteiger partial charge in [-0.05, 0) is 68.3 Å². The van der Waals surface area contributed by atoms with Crippen LogP contribution in [0.4, 0.5) is 0 Å². The van der Waals surface area contributed by atoms with Crippen molar-refractivity contribution in [1.82, 2.24) is 0 Å². The van der Waals surface area contributed by atoms with Gasteiger partial charge in [-0.25, -0.2) is 0 Å². The molecular weight excluding hydrogens is 300 g/mol. The third-order valence-corrected chi connectivity index (χ3v) is 8.60. The SMILES string of the molecule is CC1=C2CC[C@@H]3[C@H](CC[C@]4(C)C(=O)CC[C@@H]34)[C@@]2(CO)[C@@H](C)CC1=O. The highest BCUT2D eigenvalue weighted by Crippen LogP contribution is 2.66. The number of aliphatic hydroxyl groups is 1. The Labute approximate surface area is 144 Å². The van der Waals surface area contributed by atoms with Crippen LogP contribution < -0.4 is 0 Å². The summed E-state index contributed by atoms with van der Waals surface area (Å²) in [7, 11) is 0. The zero-order chi connectivity index (χ0) is 17.3. The molecule has 3 saturated carbocycles. The van der Waals surface area contributed by atoms with Crippen LogP contribution in [0.2, 0.25) is 0 Å². The van der Waals surface area contributed by atoms with Crippen molar-refractivity contribution in [2.24, 2.45) is 34.5 Å². The van der Waals surface area contributed by atoms with E-state index in [0.717, 1.165) is 44.1 Å². The zero-order valence-corrected chi connectivity index (χ0v) is 15.2. The molecule has 0 bridgehead atoms. The van der Waals surface area contributed by atoms with Gasteiger partial charge in [0.2, 0.25) is 0 Å². The monoisotopic (exact) mass is 330 g/mol. The third kappa shape index (κ3) is 1.83. The van der Waals surface area contributed by atoms with Crippen LogP contribution in [0.25, 0.3) is 0 Å². The Kier molecular flexibility index (Phi) is 3.62. The highest BCUT2D eigenvalue weighted by molar-refractivity contribution is 5.97. The maximum absolute atomic E-state index is 12.5. The molecule has 0 saturated heterocycles. The molecular formula is C21H30O3. The molecule has 4 aliphatic rings. The zero-order valence-electron chi connectivity index (χ0n) is 15.2. The molecule has 0 spiro atoms. The Hall–Kier alpha value is -0.960. The summed E-state index contributed by atoms with van der Waals surface area (Å²) >= 11 is 0. The van der Waals surface area contributed by atoms with Gasteiger partial charge < -0.3 is 5.11 Å². The first kappa shape index (κ1) is 16.5. The van der Waals surface area contributed by atoms with E-state index in [1.807, 2.05) is 6.92 Å². The highest BCUT2D eigenvalue weighted by atomic mass is 16.3. The van der Waals surface area contributed by atoms with Gasteiger partial charge in [0, 0.05) is 23.7 Å². The lowest BCUT2D eigenvalue weighted by Crippen LogP contribution is -2.56. The van der Waals surface area contributed by atoms with Crippen LogP contribution in [0.1, 0.15) is 65.7 Å². The van der Waals surface area contributed by atoms with Gasteiger partial charge in [-0.1, -0.05) is 19.4 Å². The largest absolute Gasteiger partial charge is 0.395 e. The van der Waals surface area contributed by atoms with Crippen LogP contribution in [0.3, 0.4) is 0 Å². The van der Waals surface area contributed by atoms with Crippen LogP contribution in [-0.2, 0) is 9.59 Å². The summed E-state index contributed by atoms with van der Waals surface area (Å²) in [6.45, 7) is 6.49. The first-order valence-corrected chi connectivity index (χ1v) is 9.74. The van der Waals surface area contributed by atoms with Gasteiger partial charge in [0.25, 0.3) is 0 Å². The number of carbonyl (C=O) groups is 2. The van der Waals surface area contributed by atoms with E-state index in [9.17, 15) is 14.7 Å². The molecule has 132 valence electrons. The lowest BCUT2D eigenvalue weighted by atomic mass is 9.44. The van der Waals surface area contributed by atoms with Crippen molar-refractivity contribution >= 4 is 11.6 Å². The van der Waals surface area contributed by atoms with Crippen LogP contribution in [0, 0.1) is 34.5 Å². The Bertz CT molecular complexity index is 633. The molecule has 6 atom stereocenters. The summed E-state index contributed by atoms with van der Waals surface area (Å²) in [6.07, 6.45) is 6.36. The second-order valence-electron chi connectivity index (χ2n) is 9.16. The van der Waals surface area contributed by atoms with Gasteiger partial charge in [-0.15, -0.1) is 0 Å². The minimum Gasteiger partial charge on any atom is -0.395 e. The maximum Gasteiger partial charge on any atom is 0.158 e. The maximum atomic E-state index is 12.5. The van der Waals surface area contributed by atoms with E-state index in [1.54, 1.807) is 0 Å². The average Bonchev–Trinajstić information content (AvgIpc) is 2.87. The molecule has 0 heterocycles. The van der Waals surface area contributed by atoms with E-state index in [1.165, 1.54) is 5.57 Å². The van der Waals surface area contributed by atoms with Crippen molar-refractivity contribution in [2.75, 3.05) is 6.61 Å². The van der Waals surface area contributed by atoms with Crippen LogP contribution in [0.15, 0.2) is 11.1 Å². The van der Waals surface area contributed by atoms with E-state index >= 15 is 0 Å². The van der Waals surface area contributed by atoms with Crippen LogP contribution in [-0.4, -0.2) is 23.3 Å². The number of hydrogen-bond acceptors (Lipinski definition) is 3. The van der Waals surface area contributed by atoms with Gasteiger partial charge in [-0.2, -0.15) is 0 Å². The standard InChI is InChI=1S/C21H30O3/c1-12-10-18(23)13(2)15-5-4-14-16-6-7-19(24)20(16,3)9-8-17(14)21(12,15)11-22/h12,14,16-17,22H,4-11H2,1-3H3/t12-,14-,16-,17-,20-,21-/m0/s1. The molecule has 3 nitrogen and oxygen atoms in total. The molecule has 24 heavy (non-hydrogen) atoms. The molecule has 4 aliphatic carbocycles. The fourth-order valence-corrected chi connectivity index (χ4v) is 7.22. The van der Waals surface area contributed by atoms with Crippen LogP contribution >= 0.6 is 0 Å². The number of fused-ring (bicyclic) bond motifs is 5. The molecule has 0 aliphatic heterocycles. The number of aliphatic hydroxyl groups excluding tert-OH is 1. The minimum absolute atomic E-state index is 0.123. The number of ketones is 2. The van der Waals surface area contributed by atoms with Crippen molar-refractivity contribution in [3.05, 3.63) is 11.1 Å². The summed E-state index contributed by atoms with van der Waals surface area (Å²) in [5.41, 5.74) is 1.84. The van der Waals surface area contributed by atoms with E-state index in [0.29, 0.717) is 30.0 Å². The Morgan fingerprint density at radius 2 is 1.88 bits per heavy atom. The summed E-state index contributed by atoms with van der Waals surface area (Å²) in [6, 6.07) is 0. The van der Waals surface area contributed by atoms with Crippen molar-refractivity contribution in [1.29, 1.82) is 0 Å². The molecule has 0 aromatic rings. The molecule has 0 unspecified atom stereocenters. The van der Waals surface area contributed by atoms with E-state index < -0.39 is 0 Å². The topological polar surface area (TPSA) is 54.4 Å². The molecule has 0 aromatic heterocycles. The average molecular weight is 330 g/mol. The first-order chi connectivity index (χ1) is 11.4. The smallest absolute Gasteiger partial charge is 0.158 e. The number of rotatable bonds is 1. The normalized spacial score (nSPS) is 48.2. The molecule has 4 rings (SSSR count). The van der Waals surface area contributed by atoms with Gasteiger partial charge >= 0.3 is 0 Å². The van der Waals surface area contributed by atoms with Crippen molar-refractivity contribution < 1.29 is 14.7 Å². The molecule has 0 radical (unpaired) electrons. The van der Waals surface area contributed by atoms with Crippen molar-refractivity contribution in [2.45, 2.75) is 65.7 Å². The molecule has 0 aromatic carbocycles. The summed E-state index contributed by atoms with van der Waals surface area (Å²) in [5, 5.41) is 10.5. The fourth-order valence-electron chi connectivity index (χ4n) is 7.22. The van der Waals surface area contributed by atoms with E-state index in [2.05, 4.69) is 13.8 Å². The summed E-state index contributed by atoms with van der Waals surface area (Å²) < 4.78 is 0. The Balaban J connectivity index is 1.80. The number of carbonyl (C=O) groups excluding carboxylic acids is 2. The Morgan fingerprint density at radius 1 is 1.12 bits per heavy atom. The Morgan fingerprint density at radius 3 is 2.58 bits per heavy atom. The number of hydrogen-bond donors (Lipinski definition) is 1. The quantitative estimate of drug-likeness (QED) is 0.797. The van der Waals surface area contributed by atoms with E-state index in [4.69, 9.17) is 0 Å². The van der Waals surface area contributed by atoms with Gasteiger partial charge in [0.15, 0.2) is 5.78 Å². The second-order valence-corrected chi connectivity index (χ2v) is 9.16. The first-order valence-electron chi connectivity index (χ1n) is 9.74. The second kappa shape index (κ2) is 5.27. The molecule has 3 fully saturated rings. The minimum atomic E-state index is -0.214.